The highest BCUT2D eigenvalue weighted by Gasteiger charge is 2.52. The quantitative estimate of drug-likeness (QED) is 0.614. The Balaban J connectivity index is 1.85. The van der Waals surface area contributed by atoms with Crippen LogP contribution in [0.25, 0.3) is 0 Å². The van der Waals surface area contributed by atoms with E-state index in [1.54, 1.807) is 25.7 Å². The van der Waals surface area contributed by atoms with Crippen molar-refractivity contribution in [2.45, 2.75) is 82.7 Å². The van der Waals surface area contributed by atoms with Gasteiger partial charge < -0.3 is 9.84 Å². The Morgan fingerprint density at radius 2 is 1.86 bits per heavy atom. The van der Waals surface area contributed by atoms with Gasteiger partial charge in [-0.2, -0.15) is 0 Å². The standard InChI is InChI=1S/C21H30N2O5/c1-21(2,3)28-20(25)22-16-11-9-15(10-12-16)18(22)19(24)17(23(26)27)13-14-7-5-4-6-8-14/h4-8,15-19,24H,9-13H2,1-3H3/t15-,16-,17-,18+,19+/m0/s1. The summed E-state index contributed by atoms with van der Waals surface area (Å²) < 4.78 is 5.57. The van der Waals surface area contributed by atoms with Crippen molar-refractivity contribution in [1.29, 1.82) is 0 Å². The first-order valence-electron chi connectivity index (χ1n) is 10.0. The first-order chi connectivity index (χ1) is 13.2. The van der Waals surface area contributed by atoms with E-state index in [1.807, 2.05) is 30.3 Å². The van der Waals surface area contributed by atoms with Crippen LogP contribution in [0.15, 0.2) is 30.3 Å². The largest absolute Gasteiger partial charge is 0.444 e. The summed E-state index contributed by atoms with van der Waals surface area (Å²) in [6.45, 7) is 5.40. The zero-order chi connectivity index (χ0) is 20.5. The Bertz CT molecular complexity index is 694. The molecular weight excluding hydrogens is 360 g/mol. The molecule has 1 aliphatic carbocycles. The third-order valence-corrected chi connectivity index (χ3v) is 5.85. The SMILES string of the molecule is CC(C)(C)OC(=O)N1[C@H]2CC[C@@H](CC2)[C@@H]1[C@H](O)[C@H](Cc1ccccc1)[N+](=O)[O-]. The van der Waals surface area contributed by atoms with Crippen LogP contribution in [-0.2, 0) is 11.2 Å². The zero-order valence-electron chi connectivity index (χ0n) is 16.8. The number of piperidine rings is 2. The lowest BCUT2D eigenvalue weighted by Gasteiger charge is -2.52. The van der Waals surface area contributed by atoms with E-state index in [-0.39, 0.29) is 18.4 Å². The number of amides is 1. The number of nitrogens with zero attached hydrogens (tertiary/aromatic N) is 2. The zero-order valence-corrected chi connectivity index (χ0v) is 16.8. The van der Waals surface area contributed by atoms with Crippen molar-refractivity contribution in [2.24, 2.45) is 5.92 Å². The Labute approximate surface area is 165 Å². The monoisotopic (exact) mass is 390 g/mol. The molecule has 1 saturated carbocycles. The summed E-state index contributed by atoms with van der Waals surface area (Å²) >= 11 is 0. The highest BCUT2D eigenvalue weighted by atomic mass is 16.6. The van der Waals surface area contributed by atoms with Gasteiger partial charge >= 0.3 is 6.09 Å². The fourth-order valence-corrected chi connectivity index (χ4v) is 4.62. The molecule has 7 nitrogen and oxygen atoms in total. The minimum atomic E-state index is -1.24. The molecule has 154 valence electrons. The summed E-state index contributed by atoms with van der Waals surface area (Å²) in [6, 6.07) is 7.37. The second-order valence-electron chi connectivity index (χ2n) is 8.98. The Hall–Kier alpha value is -2.15. The second kappa shape index (κ2) is 8.07. The Morgan fingerprint density at radius 3 is 2.39 bits per heavy atom. The number of aliphatic hydroxyl groups is 1. The number of hydrogen-bond acceptors (Lipinski definition) is 5. The molecule has 1 amide bonds. The molecule has 4 rings (SSSR count). The van der Waals surface area contributed by atoms with E-state index in [2.05, 4.69) is 0 Å². The van der Waals surface area contributed by atoms with E-state index in [4.69, 9.17) is 4.74 Å². The maximum atomic E-state index is 12.9. The van der Waals surface area contributed by atoms with E-state index in [0.29, 0.717) is 0 Å². The van der Waals surface area contributed by atoms with Crippen LogP contribution in [0.1, 0.15) is 52.0 Å². The predicted octanol–water partition coefficient (Wildman–Crippen LogP) is 3.41. The molecular formula is C21H30N2O5. The molecule has 0 aromatic heterocycles. The molecule has 1 N–H and O–H groups in total. The average molecular weight is 390 g/mol. The van der Waals surface area contributed by atoms with Gasteiger partial charge in [0.25, 0.3) is 0 Å². The molecule has 3 fully saturated rings. The average Bonchev–Trinajstić information content (AvgIpc) is 2.65. The minimum Gasteiger partial charge on any atom is -0.444 e. The first kappa shape index (κ1) is 20.6. The third kappa shape index (κ3) is 4.46. The highest BCUT2D eigenvalue weighted by molar-refractivity contribution is 5.69. The van der Waals surface area contributed by atoms with Gasteiger partial charge in [0.2, 0.25) is 6.04 Å². The van der Waals surface area contributed by atoms with Gasteiger partial charge in [-0.1, -0.05) is 30.3 Å². The number of hydrogen-bond donors (Lipinski definition) is 1. The fourth-order valence-electron chi connectivity index (χ4n) is 4.62. The summed E-state index contributed by atoms with van der Waals surface area (Å²) in [6.07, 6.45) is 1.88. The predicted molar refractivity (Wildman–Crippen MR) is 105 cm³/mol. The molecule has 28 heavy (non-hydrogen) atoms. The van der Waals surface area contributed by atoms with Crippen molar-refractivity contribution in [3.05, 3.63) is 46.0 Å². The molecule has 2 bridgehead atoms. The van der Waals surface area contributed by atoms with Crippen LogP contribution in [0.5, 0.6) is 0 Å². The maximum Gasteiger partial charge on any atom is 0.410 e. The molecule has 2 heterocycles. The summed E-state index contributed by atoms with van der Waals surface area (Å²) in [4.78, 5) is 25.9. The van der Waals surface area contributed by atoms with E-state index in [1.165, 1.54) is 0 Å². The third-order valence-electron chi connectivity index (χ3n) is 5.85. The highest BCUT2D eigenvalue weighted by Crippen LogP contribution is 2.42. The van der Waals surface area contributed by atoms with Gasteiger partial charge in [0.1, 0.15) is 11.7 Å². The number of nitro groups is 1. The van der Waals surface area contributed by atoms with Crippen molar-refractivity contribution in [3.8, 4) is 0 Å². The van der Waals surface area contributed by atoms with Crippen molar-refractivity contribution in [2.75, 3.05) is 0 Å². The van der Waals surface area contributed by atoms with Gasteiger partial charge in [-0.15, -0.1) is 0 Å². The Morgan fingerprint density at radius 1 is 1.25 bits per heavy atom. The molecule has 0 unspecified atom stereocenters. The lowest BCUT2D eigenvalue weighted by atomic mass is 9.71. The van der Waals surface area contributed by atoms with Gasteiger partial charge in [0, 0.05) is 17.4 Å². The number of carbonyl (C=O) groups is 1. The van der Waals surface area contributed by atoms with Crippen LogP contribution in [0.4, 0.5) is 4.79 Å². The van der Waals surface area contributed by atoms with Gasteiger partial charge in [0.05, 0.1) is 6.04 Å². The van der Waals surface area contributed by atoms with Gasteiger partial charge in [-0.05, 0) is 57.9 Å². The molecule has 3 atom stereocenters. The molecule has 7 heteroatoms. The lowest BCUT2D eigenvalue weighted by Crippen LogP contribution is -2.65. The molecule has 3 aliphatic rings. The van der Waals surface area contributed by atoms with Crippen LogP contribution < -0.4 is 0 Å². The van der Waals surface area contributed by atoms with Crippen molar-refractivity contribution >= 4 is 6.09 Å². The van der Waals surface area contributed by atoms with E-state index in [0.717, 1.165) is 31.2 Å². The molecule has 2 aliphatic heterocycles. The summed E-state index contributed by atoms with van der Waals surface area (Å²) in [5, 5.41) is 22.9. The molecule has 0 spiro atoms. The van der Waals surface area contributed by atoms with Crippen molar-refractivity contribution in [3.63, 3.8) is 0 Å². The number of ether oxygens (including phenoxy) is 1. The van der Waals surface area contributed by atoms with Crippen LogP contribution in [-0.4, -0.2) is 50.9 Å². The van der Waals surface area contributed by atoms with Gasteiger partial charge in [-0.3, -0.25) is 15.0 Å². The number of fused-ring (bicyclic) bond motifs is 3. The smallest absolute Gasteiger partial charge is 0.410 e. The normalized spacial score (nSPS) is 26.6. The molecule has 1 aromatic rings. The van der Waals surface area contributed by atoms with Crippen LogP contribution in [0.3, 0.4) is 0 Å². The van der Waals surface area contributed by atoms with Crippen LogP contribution >= 0.6 is 0 Å². The fraction of sp³-hybridized carbons (Fsp3) is 0.667. The van der Waals surface area contributed by atoms with Crippen LogP contribution in [0.2, 0.25) is 0 Å². The number of rotatable bonds is 5. The minimum absolute atomic E-state index is 0.0244. The Kier molecular flexibility index (Phi) is 5.93. The van der Waals surface area contributed by atoms with E-state index >= 15 is 0 Å². The first-order valence-corrected chi connectivity index (χ1v) is 10.0. The summed E-state index contributed by atoms with van der Waals surface area (Å²) in [5.74, 6) is 0.0609. The number of carbonyl (C=O) groups excluding carboxylic acids is 1. The summed E-state index contributed by atoms with van der Waals surface area (Å²) in [5.41, 5.74) is 0.142. The summed E-state index contributed by atoms with van der Waals surface area (Å²) in [7, 11) is 0. The number of benzene rings is 1. The van der Waals surface area contributed by atoms with Crippen LogP contribution in [0, 0.1) is 16.0 Å². The van der Waals surface area contributed by atoms with Gasteiger partial charge in [-0.25, -0.2) is 4.79 Å². The lowest BCUT2D eigenvalue weighted by molar-refractivity contribution is -0.536. The molecule has 2 saturated heterocycles. The van der Waals surface area contributed by atoms with E-state index in [9.17, 15) is 20.0 Å². The maximum absolute atomic E-state index is 12.9. The van der Waals surface area contributed by atoms with Crippen molar-refractivity contribution in [1.82, 2.24) is 4.90 Å². The van der Waals surface area contributed by atoms with E-state index < -0.39 is 34.8 Å². The molecule has 0 radical (unpaired) electrons. The van der Waals surface area contributed by atoms with Gasteiger partial charge in [0.15, 0.2) is 0 Å². The second-order valence-corrected chi connectivity index (χ2v) is 8.98. The van der Waals surface area contributed by atoms with Crippen molar-refractivity contribution < 1.29 is 19.6 Å². The molecule has 1 aromatic carbocycles. The topological polar surface area (TPSA) is 92.9 Å². The number of aliphatic hydroxyl groups excluding tert-OH is 1.